The third kappa shape index (κ3) is 4.65. The number of sulfonamides is 1. The summed E-state index contributed by atoms with van der Waals surface area (Å²) in [6, 6.07) is 14.1. The van der Waals surface area contributed by atoms with Crippen LogP contribution in [0.2, 0.25) is 0 Å². The predicted octanol–water partition coefficient (Wildman–Crippen LogP) is 2.15. The number of amides is 1. The summed E-state index contributed by atoms with van der Waals surface area (Å²) in [4.78, 5) is 25.3. The number of nitrogens with zero attached hydrogens (tertiary/aromatic N) is 2. The van der Waals surface area contributed by atoms with Crippen molar-refractivity contribution in [3.8, 4) is 0 Å². The molecule has 0 aliphatic heterocycles. The van der Waals surface area contributed by atoms with Gasteiger partial charge in [0.2, 0.25) is 0 Å². The minimum atomic E-state index is -3.76. The zero-order valence-electron chi connectivity index (χ0n) is 15.6. The van der Waals surface area contributed by atoms with Crippen LogP contribution in [0.3, 0.4) is 0 Å². The van der Waals surface area contributed by atoms with Crippen LogP contribution in [-0.2, 0) is 19.6 Å². The molecule has 0 saturated carbocycles. The van der Waals surface area contributed by atoms with E-state index in [1.165, 1.54) is 43.1 Å². The number of anilines is 1. The summed E-state index contributed by atoms with van der Waals surface area (Å²) in [6.07, 6.45) is -0.930. The van der Waals surface area contributed by atoms with Crippen LogP contribution in [0.1, 0.15) is 17.3 Å². The van der Waals surface area contributed by atoms with E-state index in [0.29, 0.717) is 5.69 Å². The SMILES string of the molecule is C[C@@H](OC(=O)c1ccc(S(=O)(=O)N(C)c2ccccc2)cc1)C(=O)N(C)C. The lowest BCUT2D eigenvalue weighted by Crippen LogP contribution is -2.34. The standard InChI is InChI=1S/C19H22N2O5S/c1-14(18(22)20(2)3)26-19(23)15-10-12-17(13-11-15)27(24,25)21(4)16-8-6-5-7-9-16/h5-14H,1-4H3/t14-/m1/s1. The molecule has 0 unspecified atom stereocenters. The molecule has 1 amide bonds. The largest absolute Gasteiger partial charge is 0.449 e. The number of rotatable bonds is 6. The normalized spacial score (nSPS) is 12.1. The Bertz CT molecular complexity index is 909. The monoisotopic (exact) mass is 390 g/mol. The number of hydrogen-bond acceptors (Lipinski definition) is 5. The van der Waals surface area contributed by atoms with Crippen LogP contribution in [0.5, 0.6) is 0 Å². The fourth-order valence-corrected chi connectivity index (χ4v) is 3.54. The van der Waals surface area contributed by atoms with Gasteiger partial charge in [-0.25, -0.2) is 13.2 Å². The van der Waals surface area contributed by atoms with Crippen molar-refractivity contribution in [2.45, 2.75) is 17.9 Å². The molecule has 8 heteroatoms. The molecule has 0 saturated heterocycles. The van der Waals surface area contributed by atoms with Crippen molar-refractivity contribution in [1.82, 2.24) is 4.90 Å². The molecule has 27 heavy (non-hydrogen) atoms. The van der Waals surface area contributed by atoms with Gasteiger partial charge in [-0.3, -0.25) is 9.10 Å². The molecule has 0 radical (unpaired) electrons. The highest BCUT2D eigenvalue weighted by atomic mass is 32.2. The maximum absolute atomic E-state index is 12.7. The summed E-state index contributed by atoms with van der Waals surface area (Å²) in [7, 11) is 0.828. The van der Waals surface area contributed by atoms with Gasteiger partial charge in [-0.2, -0.15) is 0 Å². The summed E-state index contributed by atoms with van der Waals surface area (Å²) < 4.78 is 31.7. The highest BCUT2D eigenvalue weighted by molar-refractivity contribution is 7.92. The zero-order valence-corrected chi connectivity index (χ0v) is 16.4. The Kier molecular flexibility index (Phi) is 6.22. The van der Waals surface area contributed by atoms with Crippen molar-refractivity contribution in [2.24, 2.45) is 0 Å². The Labute approximate surface area is 159 Å². The van der Waals surface area contributed by atoms with Crippen LogP contribution in [0.15, 0.2) is 59.5 Å². The van der Waals surface area contributed by atoms with Crippen molar-refractivity contribution < 1.29 is 22.7 Å². The lowest BCUT2D eigenvalue weighted by atomic mass is 10.2. The molecule has 0 spiro atoms. The van der Waals surface area contributed by atoms with Gasteiger partial charge in [-0.15, -0.1) is 0 Å². The number of esters is 1. The second kappa shape index (κ2) is 8.22. The zero-order chi connectivity index (χ0) is 20.2. The van der Waals surface area contributed by atoms with Crippen molar-refractivity contribution in [2.75, 3.05) is 25.4 Å². The van der Waals surface area contributed by atoms with E-state index < -0.39 is 22.1 Å². The lowest BCUT2D eigenvalue weighted by Gasteiger charge is -2.20. The highest BCUT2D eigenvalue weighted by Crippen LogP contribution is 2.22. The number of benzene rings is 2. The Hall–Kier alpha value is -2.87. The van der Waals surface area contributed by atoms with E-state index in [0.717, 1.165) is 4.31 Å². The van der Waals surface area contributed by atoms with Crippen molar-refractivity contribution >= 4 is 27.6 Å². The Balaban J connectivity index is 2.17. The third-order valence-corrected chi connectivity index (χ3v) is 5.74. The Morgan fingerprint density at radius 1 is 0.926 bits per heavy atom. The summed E-state index contributed by atoms with van der Waals surface area (Å²) in [5.74, 6) is -1.04. The van der Waals surface area contributed by atoms with Gasteiger partial charge in [0, 0.05) is 21.1 Å². The number of ether oxygens (including phenoxy) is 1. The summed E-state index contributed by atoms with van der Waals surface area (Å²) in [6.45, 7) is 1.48. The van der Waals surface area contributed by atoms with E-state index in [1.54, 1.807) is 44.4 Å². The van der Waals surface area contributed by atoms with Gasteiger partial charge in [0.25, 0.3) is 15.9 Å². The molecule has 0 heterocycles. The Morgan fingerprint density at radius 3 is 2.00 bits per heavy atom. The molecule has 0 bridgehead atoms. The molecule has 2 aromatic carbocycles. The van der Waals surface area contributed by atoms with Crippen molar-refractivity contribution in [3.63, 3.8) is 0 Å². The van der Waals surface area contributed by atoms with Crippen LogP contribution in [-0.4, -0.2) is 52.4 Å². The van der Waals surface area contributed by atoms with Gasteiger partial charge in [-0.05, 0) is 43.3 Å². The number of para-hydroxylation sites is 1. The van der Waals surface area contributed by atoms with Gasteiger partial charge >= 0.3 is 5.97 Å². The first-order valence-corrected chi connectivity index (χ1v) is 9.65. The smallest absolute Gasteiger partial charge is 0.338 e. The molecule has 0 fully saturated rings. The topological polar surface area (TPSA) is 84.0 Å². The average molecular weight is 390 g/mol. The molecular weight excluding hydrogens is 368 g/mol. The van der Waals surface area contributed by atoms with E-state index >= 15 is 0 Å². The van der Waals surface area contributed by atoms with Crippen LogP contribution in [0.4, 0.5) is 5.69 Å². The fraction of sp³-hybridized carbons (Fsp3) is 0.263. The Morgan fingerprint density at radius 2 is 1.48 bits per heavy atom. The van der Waals surface area contributed by atoms with Crippen LogP contribution in [0.25, 0.3) is 0 Å². The second-order valence-electron chi connectivity index (χ2n) is 6.11. The van der Waals surface area contributed by atoms with Gasteiger partial charge in [0.05, 0.1) is 16.1 Å². The fourth-order valence-electron chi connectivity index (χ4n) is 2.34. The van der Waals surface area contributed by atoms with Crippen LogP contribution >= 0.6 is 0 Å². The van der Waals surface area contributed by atoms with Crippen molar-refractivity contribution in [3.05, 3.63) is 60.2 Å². The minimum absolute atomic E-state index is 0.0443. The maximum Gasteiger partial charge on any atom is 0.338 e. The molecule has 0 aliphatic carbocycles. The average Bonchev–Trinajstić information content (AvgIpc) is 2.67. The summed E-state index contributed by atoms with van der Waals surface area (Å²) >= 11 is 0. The summed E-state index contributed by atoms with van der Waals surface area (Å²) in [5, 5.41) is 0. The predicted molar refractivity (Wildman–Crippen MR) is 102 cm³/mol. The van der Waals surface area contributed by atoms with E-state index in [4.69, 9.17) is 4.74 Å². The quantitative estimate of drug-likeness (QED) is 0.706. The first-order chi connectivity index (χ1) is 12.6. The van der Waals surface area contributed by atoms with Crippen LogP contribution < -0.4 is 4.31 Å². The van der Waals surface area contributed by atoms with Gasteiger partial charge < -0.3 is 9.64 Å². The third-order valence-electron chi connectivity index (χ3n) is 3.94. The number of hydrogen-bond donors (Lipinski definition) is 0. The molecule has 0 aliphatic rings. The maximum atomic E-state index is 12.7. The van der Waals surface area contributed by atoms with Gasteiger partial charge in [-0.1, -0.05) is 18.2 Å². The van der Waals surface area contributed by atoms with E-state index in [1.807, 2.05) is 0 Å². The number of likely N-dealkylation sites (N-methyl/N-ethyl adjacent to an activating group) is 1. The highest BCUT2D eigenvalue weighted by Gasteiger charge is 2.23. The summed E-state index contributed by atoms with van der Waals surface area (Å²) in [5.41, 5.74) is 0.687. The van der Waals surface area contributed by atoms with E-state index in [-0.39, 0.29) is 16.4 Å². The lowest BCUT2D eigenvalue weighted by molar-refractivity contribution is -0.137. The molecule has 2 rings (SSSR count). The van der Waals surface area contributed by atoms with Gasteiger partial charge in [0.1, 0.15) is 0 Å². The number of carbonyl (C=O) groups excluding carboxylic acids is 2. The first kappa shape index (κ1) is 20.4. The second-order valence-corrected chi connectivity index (χ2v) is 8.08. The molecular formula is C19H22N2O5S. The number of carbonyl (C=O) groups is 2. The van der Waals surface area contributed by atoms with E-state index in [2.05, 4.69) is 0 Å². The van der Waals surface area contributed by atoms with Gasteiger partial charge in [0.15, 0.2) is 6.10 Å². The van der Waals surface area contributed by atoms with Crippen molar-refractivity contribution in [1.29, 1.82) is 0 Å². The molecule has 1 atom stereocenters. The van der Waals surface area contributed by atoms with E-state index in [9.17, 15) is 18.0 Å². The molecule has 0 N–H and O–H groups in total. The minimum Gasteiger partial charge on any atom is -0.449 e. The van der Waals surface area contributed by atoms with Crippen LogP contribution in [0, 0.1) is 0 Å². The molecule has 0 aromatic heterocycles. The molecule has 144 valence electrons. The first-order valence-electron chi connectivity index (χ1n) is 8.21. The molecule has 2 aromatic rings. The molecule has 7 nitrogen and oxygen atoms in total.